The van der Waals surface area contributed by atoms with Crippen LogP contribution in [0.1, 0.15) is 38.4 Å². The highest BCUT2D eigenvalue weighted by Gasteiger charge is 2.34. The monoisotopic (exact) mass is 293 g/mol. The van der Waals surface area contributed by atoms with Gasteiger partial charge in [-0.25, -0.2) is 9.97 Å². The molecule has 0 N–H and O–H groups in total. The summed E-state index contributed by atoms with van der Waals surface area (Å²) in [4.78, 5) is 9.51. The number of hydrogen-bond donors (Lipinski definition) is 0. The molecule has 1 fully saturated rings. The average Bonchev–Trinajstić information content (AvgIpc) is 3.07. The summed E-state index contributed by atoms with van der Waals surface area (Å²) >= 11 is 5.88. The molecule has 0 atom stereocenters. The van der Waals surface area contributed by atoms with Gasteiger partial charge in [-0.2, -0.15) is 13.2 Å². The molecule has 0 bridgehead atoms. The Morgan fingerprint density at radius 2 is 2.00 bits per heavy atom. The van der Waals surface area contributed by atoms with E-state index in [4.69, 9.17) is 11.6 Å². The molecular weight excluding hydrogens is 279 g/mol. The molecule has 0 radical (unpaired) electrons. The van der Waals surface area contributed by atoms with Gasteiger partial charge in [-0.3, -0.25) is 0 Å². The minimum absolute atomic E-state index is 0.194. The number of halogens is 4. The first-order valence-corrected chi connectivity index (χ1v) is 6.52. The quantitative estimate of drug-likeness (QED) is 0.791. The molecule has 19 heavy (non-hydrogen) atoms. The number of alkyl halides is 3. The number of rotatable bonds is 4. The molecule has 7 heteroatoms. The van der Waals surface area contributed by atoms with Crippen LogP contribution in [0.5, 0.6) is 0 Å². The molecule has 1 aromatic rings. The van der Waals surface area contributed by atoms with Crippen LogP contribution in [0.2, 0.25) is 5.15 Å². The summed E-state index contributed by atoms with van der Waals surface area (Å²) < 4.78 is 37.8. The Hall–Kier alpha value is -1.04. The first-order valence-electron chi connectivity index (χ1n) is 6.14. The van der Waals surface area contributed by atoms with Crippen molar-refractivity contribution in [1.29, 1.82) is 0 Å². The molecule has 106 valence electrons. The standard InChI is InChI=1S/C12H15ClF3N3/c1-7(2)19(6-12(14,15)16)10-5-9(13)17-11(18-10)8-3-4-8/h5,7-8H,3-4,6H2,1-2H3. The predicted molar refractivity (Wildman–Crippen MR) is 67.6 cm³/mol. The lowest BCUT2D eigenvalue weighted by atomic mass is 10.3. The van der Waals surface area contributed by atoms with Crippen molar-refractivity contribution in [3.8, 4) is 0 Å². The van der Waals surface area contributed by atoms with Gasteiger partial charge in [0.05, 0.1) is 0 Å². The lowest BCUT2D eigenvalue weighted by molar-refractivity contribution is -0.120. The molecule has 2 rings (SSSR count). The predicted octanol–water partition coefficient (Wildman–Crippen LogP) is 3.78. The Balaban J connectivity index is 2.30. The second-order valence-corrected chi connectivity index (χ2v) is 5.41. The van der Waals surface area contributed by atoms with E-state index in [2.05, 4.69) is 9.97 Å². The van der Waals surface area contributed by atoms with E-state index in [0.29, 0.717) is 5.82 Å². The molecule has 0 unspecified atom stereocenters. The van der Waals surface area contributed by atoms with Crippen molar-refractivity contribution in [3.05, 3.63) is 17.0 Å². The number of aromatic nitrogens is 2. The maximum absolute atomic E-state index is 12.6. The zero-order valence-corrected chi connectivity index (χ0v) is 11.5. The van der Waals surface area contributed by atoms with E-state index < -0.39 is 12.7 Å². The molecule has 1 aliphatic carbocycles. The van der Waals surface area contributed by atoms with Crippen molar-refractivity contribution in [1.82, 2.24) is 9.97 Å². The molecule has 0 spiro atoms. The van der Waals surface area contributed by atoms with Crippen LogP contribution in [-0.2, 0) is 0 Å². The van der Waals surface area contributed by atoms with Gasteiger partial charge in [0, 0.05) is 18.0 Å². The highest BCUT2D eigenvalue weighted by molar-refractivity contribution is 6.29. The Morgan fingerprint density at radius 3 is 2.47 bits per heavy atom. The van der Waals surface area contributed by atoms with E-state index in [9.17, 15) is 13.2 Å². The summed E-state index contributed by atoms with van der Waals surface area (Å²) in [5.41, 5.74) is 0. The van der Waals surface area contributed by atoms with Gasteiger partial charge in [0.25, 0.3) is 0 Å². The van der Waals surface area contributed by atoms with Crippen molar-refractivity contribution in [3.63, 3.8) is 0 Å². The Labute approximate surface area is 114 Å². The Bertz CT molecular complexity index is 458. The summed E-state index contributed by atoms with van der Waals surface area (Å²) in [5.74, 6) is 1.04. The highest BCUT2D eigenvalue weighted by atomic mass is 35.5. The van der Waals surface area contributed by atoms with Crippen molar-refractivity contribution in [2.45, 2.75) is 44.8 Å². The lowest BCUT2D eigenvalue weighted by Crippen LogP contribution is -2.39. The van der Waals surface area contributed by atoms with Crippen LogP contribution < -0.4 is 4.90 Å². The van der Waals surface area contributed by atoms with Crippen molar-refractivity contribution in [2.75, 3.05) is 11.4 Å². The van der Waals surface area contributed by atoms with Crippen LogP contribution in [0.4, 0.5) is 19.0 Å². The molecule has 3 nitrogen and oxygen atoms in total. The summed E-state index contributed by atoms with van der Waals surface area (Å²) in [6.07, 6.45) is -2.33. The van der Waals surface area contributed by atoms with E-state index in [1.807, 2.05) is 0 Å². The number of anilines is 1. The van der Waals surface area contributed by atoms with E-state index in [0.717, 1.165) is 12.8 Å². The molecule has 1 heterocycles. The zero-order valence-electron chi connectivity index (χ0n) is 10.7. The summed E-state index contributed by atoms with van der Waals surface area (Å²) in [6.45, 7) is 2.35. The van der Waals surface area contributed by atoms with E-state index >= 15 is 0 Å². The van der Waals surface area contributed by atoms with Crippen LogP contribution in [0, 0.1) is 0 Å². The summed E-state index contributed by atoms with van der Waals surface area (Å²) in [5, 5.41) is 0.194. The SMILES string of the molecule is CC(C)N(CC(F)(F)F)c1cc(Cl)nc(C2CC2)n1. The summed E-state index contributed by atoms with van der Waals surface area (Å²) in [7, 11) is 0. The van der Waals surface area contributed by atoms with Gasteiger partial charge in [0.15, 0.2) is 0 Å². The topological polar surface area (TPSA) is 29.0 Å². The van der Waals surface area contributed by atoms with Crippen LogP contribution >= 0.6 is 11.6 Å². The Morgan fingerprint density at radius 1 is 1.37 bits per heavy atom. The van der Waals surface area contributed by atoms with Gasteiger partial charge >= 0.3 is 6.18 Å². The van der Waals surface area contributed by atoms with E-state index in [1.165, 1.54) is 11.0 Å². The normalized spacial score (nSPS) is 15.9. The number of nitrogens with zero attached hydrogens (tertiary/aromatic N) is 3. The highest BCUT2D eigenvalue weighted by Crippen LogP contribution is 2.39. The third-order valence-corrected chi connectivity index (χ3v) is 3.10. The second-order valence-electron chi connectivity index (χ2n) is 5.02. The van der Waals surface area contributed by atoms with Gasteiger partial charge in [0.2, 0.25) is 0 Å². The zero-order chi connectivity index (χ0) is 14.2. The molecule has 1 aromatic heterocycles. The Kier molecular flexibility index (Phi) is 3.90. The first kappa shape index (κ1) is 14.4. The van der Waals surface area contributed by atoms with Crippen molar-refractivity contribution < 1.29 is 13.2 Å². The minimum Gasteiger partial charge on any atom is -0.345 e. The first-order chi connectivity index (χ1) is 8.76. The molecule has 1 saturated carbocycles. The van der Waals surface area contributed by atoms with Crippen molar-refractivity contribution >= 4 is 17.4 Å². The van der Waals surface area contributed by atoms with Gasteiger partial charge < -0.3 is 4.90 Å². The maximum atomic E-state index is 12.6. The van der Waals surface area contributed by atoms with Gasteiger partial charge in [-0.1, -0.05) is 11.6 Å². The van der Waals surface area contributed by atoms with Crippen LogP contribution in [0.25, 0.3) is 0 Å². The van der Waals surface area contributed by atoms with Gasteiger partial charge in [-0.05, 0) is 26.7 Å². The van der Waals surface area contributed by atoms with Gasteiger partial charge in [-0.15, -0.1) is 0 Å². The fraction of sp³-hybridized carbons (Fsp3) is 0.667. The fourth-order valence-corrected chi connectivity index (χ4v) is 2.00. The largest absolute Gasteiger partial charge is 0.405 e. The fourth-order valence-electron chi connectivity index (χ4n) is 1.82. The third kappa shape index (κ3) is 3.96. The van der Waals surface area contributed by atoms with Crippen LogP contribution in [0.3, 0.4) is 0 Å². The maximum Gasteiger partial charge on any atom is 0.405 e. The summed E-state index contributed by atoms with van der Waals surface area (Å²) in [6, 6.07) is 1.07. The number of hydrogen-bond acceptors (Lipinski definition) is 3. The average molecular weight is 294 g/mol. The third-order valence-electron chi connectivity index (χ3n) is 2.91. The van der Waals surface area contributed by atoms with E-state index in [-0.39, 0.29) is 22.9 Å². The molecule has 0 aromatic carbocycles. The molecule has 1 aliphatic rings. The molecule has 0 amide bonds. The van der Waals surface area contributed by atoms with Crippen LogP contribution in [-0.4, -0.2) is 28.7 Å². The van der Waals surface area contributed by atoms with Crippen molar-refractivity contribution in [2.24, 2.45) is 0 Å². The molecule has 0 saturated heterocycles. The second kappa shape index (κ2) is 5.15. The molecular formula is C12H15ClF3N3. The van der Waals surface area contributed by atoms with E-state index in [1.54, 1.807) is 13.8 Å². The molecule has 0 aliphatic heterocycles. The minimum atomic E-state index is -4.28. The van der Waals surface area contributed by atoms with Crippen LogP contribution in [0.15, 0.2) is 6.07 Å². The smallest absolute Gasteiger partial charge is 0.345 e. The van der Waals surface area contributed by atoms with Gasteiger partial charge in [0.1, 0.15) is 23.3 Å². The lowest BCUT2D eigenvalue weighted by Gasteiger charge is -2.29.